The van der Waals surface area contributed by atoms with E-state index in [0.29, 0.717) is 11.8 Å². The number of aliphatic hydroxyl groups is 3. The first-order valence-electron chi connectivity index (χ1n) is 9.31. The third-order valence-corrected chi connectivity index (χ3v) is 5.57. The third kappa shape index (κ3) is 6.83. The quantitative estimate of drug-likeness (QED) is 0.287. The van der Waals surface area contributed by atoms with Crippen molar-refractivity contribution in [2.24, 2.45) is 0 Å². The van der Waals surface area contributed by atoms with Gasteiger partial charge in [-0.2, -0.15) is 17.2 Å². The molecule has 0 amide bonds. The standard InChI is InChI=1S/C20H20Cl2F2O9S/c1-34(29,30)33-18(27)19(23,24)20(28,32-11-13-7-3-5-9-15(13)22)16(25)17(26)31-10-12-6-2-4-8-14(12)21/h2-9,16-17,25-26,28H,10-11H2,1H3/t16-,17?,20+/m1/s1. The van der Waals surface area contributed by atoms with Crippen molar-refractivity contribution >= 4 is 39.3 Å². The van der Waals surface area contributed by atoms with Gasteiger partial charge in [0.1, 0.15) is 0 Å². The van der Waals surface area contributed by atoms with Gasteiger partial charge in [-0.05, 0) is 23.3 Å². The Kier molecular flexibility index (Phi) is 9.36. The van der Waals surface area contributed by atoms with Crippen LogP contribution in [0, 0.1) is 0 Å². The first-order valence-corrected chi connectivity index (χ1v) is 11.9. The molecule has 14 heteroatoms. The van der Waals surface area contributed by atoms with Gasteiger partial charge >= 0.3 is 22.0 Å². The maximum absolute atomic E-state index is 14.9. The molecule has 0 heterocycles. The Hall–Kier alpha value is -1.90. The van der Waals surface area contributed by atoms with Gasteiger partial charge in [-0.15, -0.1) is 0 Å². The van der Waals surface area contributed by atoms with Crippen LogP contribution >= 0.6 is 23.2 Å². The summed E-state index contributed by atoms with van der Waals surface area (Å²) in [6.45, 7) is -1.40. The van der Waals surface area contributed by atoms with E-state index in [1.54, 1.807) is 12.1 Å². The molecule has 2 rings (SSSR count). The molecule has 3 N–H and O–H groups in total. The summed E-state index contributed by atoms with van der Waals surface area (Å²) in [7, 11) is -4.74. The van der Waals surface area contributed by atoms with Crippen molar-refractivity contribution in [1.82, 2.24) is 0 Å². The van der Waals surface area contributed by atoms with E-state index < -0.39 is 53.4 Å². The zero-order chi connectivity index (χ0) is 25.7. The normalized spacial score (nSPS) is 15.9. The molecule has 2 aromatic rings. The Bertz CT molecular complexity index is 1120. The highest BCUT2D eigenvalue weighted by atomic mass is 35.5. The summed E-state index contributed by atoms with van der Waals surface area (Å²) in [4.78, 5) is 11.9. The lowest BCUT2D eigenvalue weighted by Crippen LogP contribution is -2.65. The number of carbonyl (C=O) groups is 1. The second kappa shape index (κ2) is 11.2. The lowest BCUT2D eigenvalue weighted by Gasteiger charge is -2.38. The molecular formula is C20H20Cl2F2O9S. The summed E-state index contributed by atoms with van der Waals surface area (Å²) >= 11 is 11.9. The molecule has 0 radical (unpaired) electrons. The summed E-state index contributed by atoms with van der Waals surface area (Å²) in [5, 5.41) is 31.3. The van der Waals surface area contributed by atoms with Crippen LogP contribution in [0.15, 0.2) is 48.5 Å². The number of alkyl halides is 2. The summed E-state index contributed by atoms with van der Waals surface area (Å²) in [5.41, 5.74) is 0.340. The van der Waals surface area contributed by atoms with E-state index in [2.05, 4.69) is 4.18 Å². The number of ether oxygens (including phenoxy) is 2. The monoisotopic (exact) mass is 544 g/mol. The molecule has 1 unspecified atom stereocenters. The number of hydrogen-bond donors (Lipinski definition) is 3. The third-order valence-electron chi connectivity index (χ3n) is 4.38. The number of benzene rings is 2. The van der Waals surface area contributed by atoms with Gasteiger partial charge in [0.05, 0.1) is 19.5 Å². The largest absolute Gasteiger partial charge is 0.399 e. The highest BCUT2D eigenvalue weighted by Crippen LogP contribution is 2.37. The van der Waals surface area contributed by atoms with E-state index in [0.717, 1.165) is 0 Å². The molecule has 188 valence electrons. The van der Waals surface area contributed by atoms with E-state index in [1.165, 1.54) is 36.4 Å². The number of carbonyl (C=O) groups excluding carboxylic acids is 1. The maximum atomic E-state index is 14.9. The van der Waals surface area contributed by atoms with Gasteiger partial charge < -0.3 is 29.0 Å². The molecule has 2 aromatic carbocycles. The Morgan fingerprint density at radius 3 is 1.94 bits per heavy atom. The van der Waals surface area contributed by atoms with Gasteiger partial charge in [-0.1, -0.05) is 59.6 Å². The van der Waals surface area contributed by atoms with Crippen LogP contribution in [-0.4, -0.2) is 60.1 Å². The predicted octanol–water partition coefficient (Wildman–Crippen LogP) is 2.23. The Balaban J connectivity index is 2.34. The van der Waals surface area contributed by atoms with E-state index in [9.17, 15) is 37.3 Å². The van der Waals surface area contributed by atoms with Crippen LogP contribution in [0.3, 0.4) is 0 Å². The van der Waals surface area contributed by atoms with Crippen molar-refractivity contribution in [3.8, 4) is 0 Å². The number of halogens is 4. The molecule has 0 saturated heterocycles. The molecule has 0 aliphatic heterocycles. The molecule has 0 spiro atoms. The average Bonchev–Trinajstić information content (AvgIpc) is 2.75. The van der Waals surface area contributed by atoms with Crippen molar-refractivity contribution in [3.63, 3.8) is 0 Å². The van der Waals surface area contributed by atoms with Gasteiger partial charge in [-0.25, -0.2) is 4.79 Å². The molecule has 34 heavy (non-hydrogen) atoms. The highest BCUT2D eigenvalue weighted by Gasteiger charge is 2.67. The second-order valence-corrected chi connectivity index (χ2v) is 9.35. The number of aliphatic hydroxyl groups excluding tert-OH is 2. The van der Waals surface area contributed by atoms with E-state index >= 15 is 0 Å². The SMILES string of the molecule is CS(=O)(=O)OC(=O)C(F)(F)[C@@](O)(OCc1ccccc1Cl)[C@H](O)C(O)OCc1ccccc1Cl. The fourth-order valence-electron chi connectivity index (χ4n) is 2.58. The Labute approximate surface area is 203 Å². The summed E-state index contributed by atoms with van der Waals surface area (Å²) < 4.78 is 65.6. The lowest BCUT2D eigenvalue weighted by molar-refractivity contribution is -0.375. The lowest BCUT2D eigenvalue weighted by atomic mass is 10.0. The Morgan fingerprint density at radius 1 is 1.00 bits per heavy atom. The van der Waals surface area contributed by atoms with Gasteiger partial charge in [0.15, 0.2) is 12.4 Å². The van der Waals surface area contributed by atoms with Crippen molar-refractivity contribution in [2.45, 2.75) is 37.3 Å². The number of rotatable bonds is 11. The van der Waals surface area contributed by atoms with E-state index in [4.69, 9.17) is 32.7 Å². The zero-order valence-corrected chi connectivity index (χ0v) is 19.7. The van der Waals surface area contributed by atoms with Crippen LogP contribution in [0.1, 0.15) is 11.1 Å². The summed E-state index contributed by atoms with van der Waals surface area (Å²) in [5.74, 6) is -12.2. The minimum atomic E-state index is -5.22. The molecule has 0 aliphatic carbocycles. The highest BCUT2D eigenvalue weighted by molar-refractivity contribution is 7.86. The summed E-state index contributed by atoms with van der Waals surface area (Å²) in [6, 6.07) is 11.8. The van der Waals surface area contributed by atoms with Gasteiger partial charge in [0, 0.05) is 10.0 Å². The topological polar surface area (TPSA) is 140 Å². The predicted molar refractivity (Wildman–Crippen MR) is 115 cm³/mol. The van der Waals surface area contributed by atoms with Crippen LogP contribution in [0.2, 0.25) is 10.0 Å². The van der Waals surface area contributed by atoms with Crippen molar-refractivity contribution in [3.05, 3.63) is 69.7 Å². The molecule has 3 atom stereocenters. The molecule has 0 aromatic heterocycles. The maximum Gasteiger partial charge on any atom is 0.399 e. The Morgan fingerprint density at radius 2 is 1.47 bits per heavy atom. The zero-order valence-electron chi connectivity index (χ0n) is 17.4. The first-order chi connectivity index (χ1) is 15.7. The van der Waals surface area contributed by atoms with Crippen LogP contribution in [-0.2, 0) is 41.8 Å². The van der Waals surface area contributed by atoms with Crippen LogP contribution in [0.5, 0.6) is 0 Å². The fourth-order valence-corrected chi connectivity index (χ4v) is 3.34. The summed E-state index contributed by atoms with van der Waals surface area (Å²) in [6.07, 6.45) is -5.27. The van der Waals surface area contributed by atoms with Gasteiger partial charge in [0.2, 0.25) is 0 Å². The molecular weight excluding hydrogens is 525 g/mol. The molecule has 0 bridgehead atoms. The molecule has 0 saturated carbocycles. The second-order valence-electron chi connectivity index (χ2n) is 6.96. The van der Waals surface area contributed by atoms with Gasteiger partial charge in [-0.3, -0.25) is 0 Å². The van der Waals surface area contributed by atoms with Crippen LogP contribution in [0.4, 0.5) is 8.78 Å². The first kappa shape index (κ1) is 28.3. The smallest absolute Gasteiger partial charge is 0.382 e. The van der Waals surface area contributed by atoms with Crippen LogP contribution < -0.4 is 0 Å². The minimum absolute atomic E-state index is 0.0249. The van der Waals surface area contributed by atoms with E-state index in [1.807, 2.05) is 0 Å². The molecule has 9 nitrogen and oxygen atoms in total. The molecule has 0 aliphatic rings. The van der Waals surface area contributed by atoms with Crippen molar-refractivity contribution in [1.29, 1.82) is 0 Å². The average molecular weight is 545 g/mol. The van der Waals surface area contributed by atoms with Crippen LogP contribution in [0.25, 0.3) is 0 Å². The van der Waals surface area contributed by atoms with Crippen molar-refractivity contribution in [2.75, 3.05) is 6.26 Å². The number of hydrogen-bond acceptors (Lipinski definition) is 9. The molecule has 0 fully saturated rings. The van der Waals surface area contributed by atoms with E-state index in [-0.39, 0.29) is 15.6 Å². The van der Waals surface area contributed by atoms with Gasteiger partial charge in [0.25, 0.3) is 5.79 Å². The fraction of sp³-hybridized carbons (Fsp3) is 0.350. The minimum Gasteiger partial charge on any atom is -0.382 e. The van der Waals surface area contributed by atoms with Crippen molar-refractivity contribution < 1.29 is 51.0 Å².